The van der Waals surface area contributed by atoms with Crippen LogP contribution in [0.5, 0.6) is 0 Å². The van der Waals surface area contributed by atoms with Crippen LogP contribution in [-0.2, 0) is 18.9 Å². The Balaban J connectivity index is 2.32. The number of aromatic nitrogens is 3. The average molecular weight is 246 g/mol. The number of nitrogens with zero attached hydrogens (tertiary/aromatic N) is 3. The van der Waals surface area contributed by atoms with Gasteiger partial charge in [-0.15, -0.1) is 5.10 Å². The lowest BCUT2D eigenvalue weighted by Crippen LogP contribution is -2.41. The Kier molecular flexibility index (Phi) is 3.74. The van der Waals surface area contributed by atoms with E-state index in [0.717, 1.165) is 11.3 Å². The van der Waals surface area contributed by atoms with Crippen molar-refractivity contribution in [3.8, 4) is 0 Å². The summed E-state index contributed by atoms with van der Waals surface area (Å²) >= 11 is 0. The van der Waals surface area contributed by atoms with Crippen LogP contribution in [-0.4, -0.2) is 33.3 Å². The maximum Gasteiger partial charge on any atom is 0.0837 e. The van der Waals surface area contributed by atoms with E-state index >= 15 is 0 Å². The number of aryl methyl sites for hydroxylation is 1. The van der Waals surface area contributed by atoms with Crippen molar-refractivity contribution in [1.82, 2.24) is 15.0 Å². The fourth-order valence-electron chi connectivity index (χ4n) is 2.12. The van der Waals surface area contributed by atoms with Crippen molar-refractivity contribution in [1.29, 1.82) is 0 Å². The normalized spacial score (nSPS) is 14.4. The molecule has 0 spiro atoms. The molecule has 1 aromatic heterocycles. The highest BCUT2D eigenvalue weighted by Gasteiger charge is 2.31. The first-order chi connectivity index (χ1) is 8.70. The molecule has 0 fully saturated rings. The molecule has 0 aliphatic carbocycles. The molecule has 18 heavy (non-hydrogen) atoms. The number of aliphatic hydroxyl groups is 1. The molecule has 1 heterocycles. The zero-order valence-electron chi connectivity index (χ0n) is 10.5. The molecule has 1 atom stereocenters. The standard InChI is InChI=1S/C13H18N4O/c1-17-8-12(15-16-17)7-13(9-14,10-18)11-5-3-2-4-6-11/h2-6,8,18H,7,9-10,14H2,1H3. The van der Waals surface area contributed by atoms with Crippen LogP contribution in [0, 0.1) is 0 Å². The molecular formula is C13H18N4O. The summed E-state index contributed by atoms with van der Waals surface area (Å²) < 4.78 is 1.65. The Bertz CT molecular complexity index is 491. The van der Waals surface area contributed by atoms with Crippen molar-refractivity contribution in [2.45, 2.75) is 11.8 Å². The van der Waals surface area contributed by atoms with Crippen molar-refractivity contribution >= 4 is 0 Å². The molecule has 2 rings (SSSR count). The van der Waals surface area contributed by atoms with Gasteiger partial charge >= 0.3 is 0 Å². The second kappa shape index (κ2) is 5.29. The Hall–Kier alpha value is -1.72. The first-order valence-corrected chi connectivity index (χ1v) is 5.92. The maximum atomic E-state index is 9.76. The molecule has 0 aliphatic heterocycles. The van der Waals surface area contributed by atoms with Gasteiger partial charge in [-0.2, -0.15) is 0 Å². The van der Waals surface area contributed by atoms with E-state index in [9.17, 15) is 5.11 Å². The third-order valence-electron chi connectivity index (χ3n) is 3.25. The molecule has 0 saturated heterocycles. The molecule has 5 heteroatoms. The van der Waals surface area contributed by atoms with Gasteiger partial charge in [-0.1, -0.05) is 35.5 Å². The SMILES string of the molecule is Cn1cc(CC(CN)(CO)c2ccccc2)nn1. The Morgan fingerprint density at radius 3 is 2.56 bits per heavy atom. The molecule has 0 amide bonds. The van der Waals surface area contributed by atoms with Gasteiger partial charge in [-0.3, -0.25) is 4.68 Å². The second-order valence-electron chi connectivity index (χ2n) is 4.57. The molecule has 0 radical (unpaired) electrons. The number of benzene rings is 1. The van der Waals surface area contributed by atoms with Crippen molar-refractivity contribution < 1.29 is 5.11 Å². The minimum absolute atomic E-state index is 0.00983. The van der Waals surface area contributed by atoms with Crippen molar-refractivity contribution in [3.05, 3.63) is 47.8 Å². The summed E-state index contributed by atoms with van der Waals surface area (Å²) in [4.78, 5) is 0. The number of hydrogen-bond acceptors (Lipinski definition) is 4. The average Bonchev–Trinajstić information content (AvgIpc) is 2.82. The first kappa shape index (κ1) is 12.7. The fraction of sp³-hybridized carbons (Fsp3) is 0.385. The number of nitrogens with two attached hydrogens (primary N) is 1. The maximum absolute atomic E-state index is 9.76. The van der Waals surface area contributed by atoms with Gasteiger partial charge in [-0.25, -0.2) is 0 Å². The quantitative estimate of drug-likeness (QED) is 0.792. The van der Waals surface area contributed by atoms with E-state index < -0.39 is 5.41 Å². The highest BCUT2D eigenvalue weighted by atomic mass is 16.3. The highest BCUT2D eigenvalue weighted by Crippen LogP contribution is 2.26. The fourth-order valence-corrected chi connectivity index (χ4v) is 2.12. The number of hydrogen-bond donors (Lipinski definition) is 2. The zero-order chi connectivity index (χ0) is 13.0. The van der Waals surface area contributed by atoms with E-state index in [2.05, 4.69) is 10.3 Å². The number of aliphatic hydroxyl groups excluding tert-OH is 1. The minimum atomic E-state index is -0.489. The molecule has 1 unspecified atom stereocenters. The molecule has 0 saturated carbocycles. The van der Waals surface area contributed by atoms with Crippen LogP contribution in [0.25, 0.3) is 0 Å². The van der Waals surface area contributed by atoms with Crippen LogP contribution in [0.1, 0.15) is 11.3 Å². The lowest BCUT2D eigenvalue weighted by atomic mass is 9.77. The van der Waals surface area contributed by atoms with Gasteiger partial charge in [0, 0.05) is 31.6 Å². The lowest BCUT2D eigenvalue weighted by molar-refractivity contribution is 0.195. The predicted molar refractivity (Wildman–Crippen MR) is 69.0 cm³/mol. The van der Waals surface area contributed by atoms with Crippen LogP contribution in [0.2, 0.25) is 0 Å². The lowest BCUT2D eigenvalue weighted by Gasteiger charge is -2.30. The van der Waals surface area contributed by atoms with Crippen molar-refractivity contribution in [2.75, 3.05) is 13.2 Å². The minimum Gasteiger partial charge on any atom is -0.395 e. The molecular weight excluding hydrogens is 228 g/mol. The smallest absolute Gasteiger partial charge is 0.0837 e. The third-order valence-corrected chi connectivity index (χ3v) is 3.25. The Morgan fingerprint density at radius 2 is 2.06 bits per heavy atom. The molecule has 0 aliphatic rings. The van der Waals surface area contributed by atoms with E-state index in [4.69, 9.17) is 5.73 Å². The van der Waals surface area contributed by atoms with Crippen LogP contribution in [0.4, 0.5) is 0 Å². The molecule has 96 valence electrons. The molecule has 1 aromatic carbocycles. The molecule has 2 aromatic rings. The van der Waals surface area contributed by atoms with Crippen LogP contribution in [0.15, 0.2) is 36.5 Å². The van der Waals surface area contributed by atoms with Gasteiger partial charge in [0.2, 0.25) is 0 Å². The summed E-state index contributed by atoms with van der Waals surface area (Å²) in [5.41, 5.74) is 7.26. The van der Waals surface area contributed by atoms with Crippen molar-refractivity contribution in [2.24, 2.45) is 12.8 Å². The molecule has 5 nitrogen and oxygen atoms in total. The first-order valence-electron chi connectivity index (χ1n) is 5.92. The van der Waals surface area contributed by atoms with Crippen molar-refractivity contribution in [3.63, 3.8) is 0 Å². The van der Waals surface area contributed by atoms with E-state index in [1.807, 2.05) is 43.6 Å². The topological polar surface area (TPSA) is 77.0 Å². The van der Waals surface area contributed by atoms with Gasteiger partial charge in [-0.05, 0) is 5.56 Å². The second-order valence-corrected chi connectivity index (χ2v) is 4.57. The summed E-state index contributed by atoms with van der Waals surface area (Å²) in [5.74, 6) is 0. The van der Waals surface area contributed by atoms with Gasteiger partial charge in [0.1, 0.15) is 0 Å². The summed E-state index contributed by atoms with van der Waals surface area (Å²) in [6.45, 7) is 0.355. The summed E-state index contributed by atoms with van der Waals surface area (Å²) in [5, 5.41) is 17.7. The van der Waals surface area contributed by atoms with Gasteiger partial charge in [0.15, 0.2) is 0 Å². The van der Waals surface area contributed by atoms with Gasteiger partial charge in [0.05, 0.1) is 12.3 Å². The summed E-state index contributed by atoms with van der Waals surface area (Å²) in [6, 6.07) is 9.82. The molecule has 0 bridgehead atoms. The van der Waals surface area contributed by atoms with Crippen LogP contribution >= 0.6 is 0 Å². The predicted octanol–water partition coefficient (Wildman–Crippen LogP) is 0.247. The largest absolute Gasteiger partial charge is 0.395 e. The van der Waals surface area contributed by atoms with Gasteiger partial charge in [0.25, 0.3) is 0 Å². The van der Waals surface area contributed by atoms with Crippen LogP contribution < -0.4 is 5.73 Å². The Morgan fingerprint density at radius 1 is 1.33 bits per heavy atom. The van der Waals surface area contributed by atoms with E-state index in [0.29, 0.717) is 13.0 Å². The van der Waals surface area contributed by atoms with E-state index in [1.54, 1.807) is 4.68 Å². The van der Waals surface area contributed by atoms with Gasteiger partial charge < -0.3 is 10.8 Å². The summed E-state index contributed by atoms with van der Waals surface area (Å²) in [7, 11) is 1.82. The van der Waals surface area contributed by atoms with E-state index in [-0.39, 0.29) is 6.61 Å². The van der Waals surface area contributed by atoms with Crippen LogP contribution in [0.3, 0.4) is 0 Å². The highest BCUT2D eigenvalue weighted by molar-refractivity contribution is 5.28. The third kappa shape index (κ3) is 2.42. The zero-order valence-corrected chi connectivity index (χ0v) is 10.5. The molecule has 3 N–H and O–H groups in total. The van der Waals surface area contributed by atoms with E-state index in [1.165, 1.54) is 0 Å². The number of rotatable bonds is 5. The monoisotopic (exact) mass is 246 g/mol. The Labute approximate surface area is 106 Å². The summed E-state index contributed by atoms with van der Waals surface area (Å²) in [6.07, 6.45) is 2.43.